The number of rotatable bonds is 4. The molecule has 0 atom stereocenters. The van der Waals surface area contributed by atoms with Crippen LogP contribution in [0.25, 0.3) is 22.2 Å². The monoisotopic (exact) mass is 397 g/mol. The number of anilines is 2. The van der Waals surface area contributed by atoms with Crippen LogP contribution in [0.15, 0.2) is 54.9 Å². The first-order valence-electron chi connectivity index (χ1n) is 8.22. The van der Waals surface area contributed by atoms with Crippen molar-refractivity contribution in [1.82, 2.24) is 14.5 Å². The Kier molecular flexibility index (Phi) is 4.40. The predicted molar refractivity (Wildman–Crippen MR) is 105 cm³/mol. The van der Waals surface area contributed by atoms with Gasteiger partial charge in [0.25, 0.3) is 0 Å². The molecular formula is C19H13ClFN5O2. The van der Waals surface area contributed by atoms with Crippen molar-refractivity contribution >= 4 is 39.8 Å². The van der Waals surface area contributed by atoms with E-state index in [4.69, 9.17) is 11.6 Å². The fraction of sp³-hybridized carbons (Fsp3) is 0.0526. The molecule has 0 aliphatic heterocycles. The molecule has 0 aliphatic rings. The number of aryl methyl sites for hydroxylation is 1. The van der Waals surface area contributed by atoms with Crippen molar-refractivity contribution in [3.63, 3.8) is 0 Å². The van der Waals surface area contributed by atoms with Crippen LogP contribution in [0.4, 0.5) is 21.7 Å². The summed E-state index contributed by atoms with van der Waals surface area (Å²) in [5.74, 6) is -0.820. The third kappa shape index (κ3) is 3.14. The van der Waals surface area contributed by atoms with E-state index in [-0.39, 0.29) is 16.7 Å². The molecule has 9 heteroatoms. The van der Waals surface area contributed by atoms with Crippen molar-refractivity contribution in [1.29, 1.82) is 0 Å². The Hall–Kier alpha value is -3.52. The Morgan fingerprint density at radius 3 is 2.82 bits per heavy atom. The fourth-order valence-corrected chi connectivity index (χ4v) is 3.21. The standard InChI is InChI=1S/C19H13ClFN5O2/c1-25-10-12(11-4-2-3-5-17(11)25)15-6-7-22-19(23-15)24-16-9-18(26(27)28)14(21)8-13(16)20/h2-10H,1H3,(H,22,23,24). The normalized spacial score (nSPS) is 11.0. The maximum absolute atomic E-state index is 13.7. The van der Waals surface area contributed by atoms with Crippen molar-refractivity contribution in [2.24, 2.45) is 7.05 Å². The molecule has 0 fully saturated rings. The molecule has 140 valence electrons. The average Bonchev–Trinajstić information content (AvgIpc) is 3.01. The lowest BCUT2D eigenvalue weighted by molar-refractivity contribution is -0.387. The SMILES string of the molecule is Cn1cc(-c2ccnc(Nc3cc([N+](=O)[O-])c(F)cc3Cl)n2)c2ccccc21. The Morgan fingerprint density at radius 2 is 2.04 bits per heavy atom. The lowest BCUT2D eigenvalue weighted by Gasteiger charge is -2.08. The van der Waals surface area contributed by atoms with Crippen LogP contribution in [-0.4, -0.2) is 19.5 Å². The average molecular weight is 398 g/mol. The van der Waals surface area contributed by atoms with Crippen molar-refractivity contribution in [2.45, 2.75) is 0 Å². The van der Waals surface area contributed by atoms with Crippen molar-refractivity contribution in [3.8, 4) is 11.3 Å². The van der Waals surface area contributed by atoms with Crippen LogP contribution >= 0.6 is 11.6 Å². The van der Waals surface area contributed by atoms with E-state index in [1.54, 1.807) is 12.3 Å². The smallest absolute Gasteiger partial charge is 0.306 e. The Labute approximate surface area is 163 Å². The van der Waals surface area contributed by atoms with E-state index in [1.165, 1.54) is 0 Å². The van der Waals surface area contributed by atoms with Crippen LogP contribution in [0.2, 0.25) is 5.02 Å². The van der Waals surface area contributed by atoms with E-state index in [0.717, 1.165) is 28.6 Å². The Morgan fingerprint density at radius 1 is 1.25 bits per heavy atom. The first-order valence-corrected chi connectivity index (χ1v) is 8.60. The Balaban J connectivity index is 1.74. The zero-order valence-corrected chi connectivity index (χ0v) is 15.3. The molecule has 0 radical (unpaired) electrons. The summed E-state index contributed by atoms with van der Waals surface area (Å²) < 4.78 is 15.7. The summed E-state index contributed by atoms with van der Waals surface area (Å²) in [5.41, 5.74) is 2.10. The zero-order valence-electron chi connectivity index (χ0n) is 14.6. The molecule has 28 heavy (non-hydrogen) atoms. The number of halogens is 2. The first-order chi connectivity index (χ1) is 13.4. The number of fused-ring (bicyclic) bond motifs is 1. The molecule has 2 aromatic carbocycles. The highest BCUT2D eigenvalue weighted by atomic mass is 35.5. The van der Waals surface area contributed by atoms with E-state index in [9.17, 15) is 14.5 Å². The molecule has 0 amide bonds. The summed E-state index contributed by atoms with van der Waals surface area (Å²) in [6, 6.07) is 11.6. The number of nitro groups is 1. The van der Waals surface area contributed by atoms with E-state index in [2.05, 4.69) is 15.3 Å². The number of aromatic nitrogens is 3. The lowest BCUT2D eigenvalue weighted by atomic mass is 10.1. The van der Waals surface area contributed by atoms with Crippen LogP contribution in [0.5, 0.6) is 0 Å². The molecule has 2 heterocycles. The first kappa shape index (κ1) is 17.9. The molecular weight excluding hydrogens is 385 g/mol. The lowest BCUT2D eigenvalue weighted by Crippen LogP contribution is -2.00. The largest absolute Gasteiger partial charge is 0.350 e. The van der Waals surface area contributed by atoms with Gasteiger partial charge in [-0.2, -0.15) is 4.39 Å². The second-order valence-electron chi connectivity index (χ2n) is 6.10. The third-order valence-corrected chi connectivity index (χ3v) is 4.62. The Bertz CT molecular complexity index is 1220. The highest BCUT2D eigenvalue weighted by Crippen LogP contribution is 2.32. The van der Waals surface area contributed by atoms with E-state index < -0.39 is 16.4 Å². The molecule has 2 aromatic heterocycles. The number of hydrogen-bond donors (Lipinski definition) is 1. The maximum Gasteiger partial charge on any atom is 0.306 e. The molecule has 0 bridgehead atoms. The number of hydrogen-bond acceptors (Lipinski definition) is 5. The van der Waals surface area contributed by atoms with Crippen LogP contribution in [0.3, 0.4) is 0 Å². The highest BCUT2D eigenvalue weighted by Gasteiger charge is 2.18. The summed E-state index contributed by atoms with van der Waals surface area (Å²) in [7, 11) is 1.95. The highest BCUT2D eigenvalue weighted by molar-refractivity contribution is 6.33. The van der Waals surface area contributed by atoms with Crippen molar-refractivity contribution < 1.29 is 9.31 Å². The van der Waals surface area contributed by atoms with E-state index >= 15 is 0 Å². The molecule has 0 spiro atoms. The molecule has 0 saturated heterocycles. The summed E-state index contributed by atoms with van der Waals surface area (Å²) in [6.45, 7) is 0. The van der Waals surface area contributed by atoms with Crippen LogP contribution in [0, 0.1) is 15.9 Å². The predicted octanol–water partition coefficient (Wildman–Crippen LogP) is 5.08. The van der Waals surface area contributed by atoms with Crippen LogP contribution in [0.1, 0.15) is 0 Å². The summed E-state index contributed by atoms with van der Waals surface area (Å²) >= 11 is 6.01. The van der Waals surface area contributed by atoms with Gasteiger partial charge in [0.2, 0.25) is 11.8 Å². The van der Waals surface area contributed by atoms with Gasteiger partial charge < -0.3 is 9.88 Å². The molecule has 4 rings (SSSR count). The summed E-state index contributed by atoms with van der Waals surface area (Å²) in [5, 5.41) is 14.8. The van der Waals surface area contributed by atoms with Gasteiger partial charge in [0.15, 0.2) is 0 Å². The number of nitrogens with zero attached hydrogens (tertiary/aromatic N) is 4. The number of nitro benzene ring substituents is 1. The minimum Gasteiger partial charge on any atom is -0.350 e. The van der Waals surface area contributed by atoms with Gasteiger partial charge >= 0.3 is 5.69 Å². The quantitative estimate of drug-likeness (QED) is 0.383. The number of para-hydroxylation sites is 1. The molecule has 0 aliphatic carbocycles. The van der Waals surface area contributed by atoms with Gasteiger partial charge in [-0.15, -0.1) is 0 Å². The minimum atomic E-state index is -1.01. The molecule has 1 N–H and O–H groups in total. The number of nitrogens with one attached hydrogen (secondary N) is 1. The number of benzene rings is 2. The molecule has 7 nitrogen and oxygen atoms in total. The summed E-state index contributed by atoms with van der Waals surface area (Å²) in [4.78, 5) is 18.8. The second-order valence-corrected chi connectivity index (χ2v) is 6.51. The fourth-order valence-electron chi connectivity index (χ4n) is 3.01. The van der Waals surface area contributed by atoms with Crippen molar-refractivity contribution in [2.75, 3.05) is 5.32 Å². The van der Waals surface area contributed by atoms with E-state index in [0.29, 0.717) is 5.69 Å². The topological polar surface area (TPSA) is 85.9 Å². The van der Waals surface area contributed by atoms with Gasteiger partial charge in [-0.25, -0.2) is 9.97 Å². The zero-order chi connectivity index (χ0) is 19.8. The third-order valence-electron chi connectivity index (χ3n) is 4.31. The van der Waals surface area contributed by atoms with E-state index in [1.807, 2.05) is 42.1 Å². The second kappa shape index (κ2) is 6.90. The van der Waals surface area contributed by atoms with Gasteiger partial charge in [-0.1, -0.05) is 29.8 Å². The maximum atomic E-state index is 13.7. The van der Waals surface area contributed by atoms with Crippen molar-refractivity contribution in [3.05, 3.63) is 75.8 Å². The minimum absolute atomic E-state index is 0.0118. The van der Waals surface area contributed by atoms with Crippen LogP contribution in [-0.2, 0) is 7.05 Å². The van der Waals surface area contributed by atoms with Gasteiger partial charge in [-0.05, 0) is 12.1 Å². The summed E-state index contributed by atoms with van der Waals surface area (Å²) in [6.07, 6.45) is 3.53. The van der Waals surface area contributed by atoms with Gasteiger partial charge in [0.05, 0.1) is 21.3 Å². The molecule has 0 saturated carbocycles. The van der Waals surface area contributed by atoms with Gasteiger partial charge in [-0.3, -0.25) is 10.1 Å². The van der Waals surface area contributed by atoms with Gasteiger partial charge in [0, 0.05) is 48.0 Å². The van der Waals surface area contributed by atoms with Crippen LogP contribution < -0.4 is 5.32 Å². The van der Waals surface area contributed by atoms with Gasteiger partial charge in [0.1, 0.15) is 0 Å². The molecule has 4 aromatic rings. The molecule has 0 unspecified atom stereocenters.